The maximum absolute atomic E-state index is 5.46. The number of thiol groups is 2. The Kier molecular flexibility index (Phi) is 15.3. The molecule has 0 radical (unpaired) electrons. The minimum Gasteiger partial charge on any atom is -0.330 e. The van der Waals surface area contributed by atoms with Gasteiger partial charge in [0.05, 0.1) is 0 Å². The summed E-state index contributed by atoms with van der Waals surface area (Å²) in [5, 5.41) is 0. The number of hydrogen-bond donors (Lipinski definition) is 3. The van der Waals surface area contributed by atoms with Crippen LogP contribution >= 0.6 is 25.3 Å². The number of unbranched alkanes of at least 4 members (excludes halogenated alkanes) is 8. The van der Waals surface area contributed by atoms with Gasteiger partial charge in [0.15, 0.2) is 0 Å². The van der Waals surface area contributed by atoms with E-state index in [-0.39, 0.29) is 0 Å². The molecular formula is C14H31NS2. The smallest absolute Gasteiger partial charge is 0.00617 e. The molecule has 2 N–H and O–H groups in total. The summed E-state index contributed by atoms with van der Waals surface area (Å²) in [6.07, 6.45) is 13.6. The molecule has 3 heteroatoms. The van der Waals surface area contributed by atoms with Crippen LogP contribution in [0.5, 0.6) is 0 Å². The van der Waals surface area contributed by atoms with E-state index in [2.05, 4.69) is 25.3 Å². The first-order valence-corrected chi connectivity index (χ1v) is 8.53. The van der Waals surface area contributed by atoms with Crippen molar-refractivity contribution in [3.63, 3.8) is 0 Å². The van der Waals surface area contributed by atoms with Crippen molar-refractivity contribution >= 4 is 25.3 Å². The molecule has 0 unspecified atom stereocenters. The summed E-state index contributed by atoms with van der Waals surface area (Å²) in [7, 11) is 0. The van der Waals surface area contributed by atoms with Gasteiger partial charge in [-0.15, -0.1) is 0 Å². The van der Waals surface area contributed by atoms with Crippen LogP contribution in [0.3, 0.4) is 0 Å². The highest BCUT2D eigenvalue weighted by Crippen LogP contribution is 2.15. The van der Waals surface area contributed by atoms with E-state index in [1.54, 1.807) is 0 Å². The summed E-state index contributed by atoms with van der Waals surface area (Å²) in [5.74, 6) is 2.70. The Hall–Kier alpha value is 0.660. The Morgan fingerprint density at radius 2 is 1.06 bits per heavy atom. The topological polar surface area (TPSA) is 26.0 Å². The molecule has 0 aliphatic heterocycles. The van der Waals surface area contributed by atoms with Gasteiger partial charge in [-0.25, -0.2) is 0 Å². The van der Waals surface area contributed by atoms with E-state index in [4.69, 9.17) is 5.73 Å². The molecule has 0 atom stereocenters. The van der Waals surface area contributed by atoms with E-state index < -0.39 is 0 Å². The van der Waals surface area contributed by atoms with Crippen LogP contribution in [0.4, 0.5) is 0 Å². The van der Waals surface area contributed by atoms with Crippen molar-refractivity contribution < 1.29 is 0 Å². The second-order valence-electron chi connectivity index (χ2n) is 4.99. The zero-order chi connectivity index (χ0) is 12.8. The molecule has 0 aliphatic rings. The first-order valence-electron chi connectivity index (χ1n) is 7.27. The highest BCUT2D eigenvalue weighted by Gasteiger charge is 2.03. The lowest BCUT2D eigenvalue weighted by Gasteiger charge is -2.10. The first-order chi connectivity index (χ1) is 8.35. The van der Waals surface area contributed by atoms with E-state index >= 15 is 0 Å². The van der Waals surface area contributed by atoms with Gasteiger partial charge < -0.3 is 5.73 Å². The normalized spacial score (nSPS) is 11.3. The van der Waals surface area contributed by atoms with Gasteiger partial charge in [0.1, 0.15) is 0 Å². The number of rotatable bonds is 13. The minimum absolute atomic E-state index is 0.720. The van der Waals surface area contributed by atoms with Crippen LogP contribution in [0.2, 0.25) is 0 Å². The van der Waals surface area contributed by atoms with Gasteiger partial charge in [-0.1, -0.05) is 51.4 Å². The Morgan fingerprint density at radius 1 is 0.647 bits per heavy atom. The first kappa shape index (κ1) is 17.7. The summed E-state index contributed by atoms with van der Waals surface area (Å²) in [4.78, 5) is 0. The second kappa shape index (κ2) is 14.7. The Balaban J connectivity index is 3.03. The van der Waals surface area contributed by atoms with E-state index in [1.165, 1.54) is 64.2 Å². The Labute approximate surface area is 119 Å². The SMILES string of the molecule is NCCCCCCCCCCCC(CS)CS. The van der Waals surface area contributed by atoms with Gasteiger partial charge in [0.25, 0.3) is 0 Å². The Bertz CT molecular complexity index is 138. The van der Waals surface area contributed by atoms with E-state index in [0.29, 0.717) is 0 Å². The van der Waals surface area contributed by atoms with Crippen molar-refractivity contribution in [2.45, 2.75) is 64.2 Å². The molecule has 0 saturated carbocycles. The highest BCUT2D eigenvalue weighted by atomic mass is 32.1. The van der Waals surface area contributed by atoms with E-state index in [1.807, 2.05) is 0 Å². The third-order valence-electron chi connectivity index (χ3n) is 3.33. The highest BCUT2D eigenvalue weighted by molar-refractivity contribution is 7.81. The summed E-state index contributed by atoms with van der Waals surface area (Å²) in [5.41, 5.74) is 5.46. The maximum atomic E-state index is 5.46. The predicted molar refractivity (Wildman–Crippen MR) is 86.4 cm³/mol. The third kappa shape index (κ3) is 12.9. The average molecular weight is 278 g/mol. The summed E-state index contributed by atoms with van der Waals surface area (Å²) >= 11 is 8.67. The van der Waals surface area contributed by atoms with Crippen LogP contribution < -0.4 is 5.73 Å². The molecule has 104 valence electrons. The van der Waals surface area contributed by atoms with Crippen molar-refractivity contribution in [3.8, 4) is 0 Å². The molecule has 0 spiro atoms. The average Bonchev–Trinajstić information content (AvgIpc) is 2.36. The summed E-state index contributed by atoms with van der Waals surface area (Å²) in [6.45, 7) is 0.859. The second-order valence-corrected chi connectivity index (χ2v) is 5.72. The lowest BCUT2D eigenvalue weighted by Crippen LogP contribution is -2.03. The summed E-state index contributed by atoms with van der Waals surface area (Å²) < 4.78 is 0. The van der Waals surface area contributed by atoms with Crippen molar-refractivity contribution in [2.75, 3.05) is 18.1 Å². The quantitative estimate of drug-likeness (QED) is 0.339. The van der Waals surface area contributed by atoms with Crippen molar-refractivity contribution in [1.82, 2.24) is 0 Å². The predicted octanol–water partition coefficient (Wildman–Crippen LogP) is 4.32. The van der Waals surface area contributed by atoms with E-state index in [0.717, 1.165) is 24.0 Å². The number of nitrogens with two attached hydrogens (primary N) is 1. The third-order valence-corrected chi connectivity index (χ3v) is 4.37. The van der Waals surface area contributed by atoms with Gasteiger partial charge >= 0.3 is 0 Å². The van der Waals surface area contributed by atoms with Crippen LogP contribution in [0, 0.1) is 5.92 Å². The molecule has 0 amide bonds. The molecule has 1 nitrogen and oxygen atoms in total. The largest absolute Gasteiger partial charge is 0.330 e. The van der Waals surface area contributed by atoms with Gasteiger partial charge in [0, 0.05) is 0 Å². The van der Waals surface area contributed by atoms with Gasteiger partial charge in [-0.05, 0) is 36.8 Å². The molecule has 0 aromatic heterocycles. The molecular weight excluding hydrogens is 246 g/mol. The van der Waals surface area contributed by atoms with Crippen LogP contribution in [0.15, 0.2) is 0 Å². The van der Waals surface area contributed by atoms with Crippen LogP contribution in [-0.4, -0.2) is 18.1 Å². The van der Waals surface area contributed by atoms with Crippen molar-refractivity contribution in [1.29, 1.82) is 0 Å². The van der Waals surface area contributed by atoms with Crippen LogP contribution in [0.1, 0.15) is 64.2 Å². The fraction of sp³-hybridized carbons (Fsp3) is 1.00. The Morgan fingerprint density at radius 3 is 1.47 bits per heavy atom. The van der Waals surface area contributed by atoms with Gasteiger partial charge in [-0.3, -0.25) is 0 Å². The molecule has 0 rings (SSSR count). The van der Waals surface area contributed by atoms with E-state index in [9.17, 15) is 0 Å². The standard InChI is InChI=1S/C14H31NS2/c15-11-9-7-5-3-1-2-4-6-8-10-14(12-16)13-17/h14,16-17H,1-13,15H2. The fourth-order valence-corrected chi connectivity index (χ4v) is 2.88. The molecule has 0 aliphatic carbocycles. The lowest BCUT2D eigenvalue weighted by molar-refractivity contribution is 0.515. The molecule has 17 heavy (non-hydrogen) atoms. The monoisotopic (exact) mass is 277 g/mol. The molecule has 0 bridgehead atoms. The zero-order valence-corrected chi connectivity index (χ0v) is 13.0. The molecule has 0 heterocycles. The zero-order valence-electron chi connectivity index (χ0n) is 11.2. The van der Waals surface area contributed by atoms with Gasteiger partial charge in [0.2, 0.25) is 0 Å². The maximum Gasteiger partial charge on any atom is -0.00617 e. The molecule has 0 fully saturated rings. The van der Waals surface area contributed by atoms with Crippen molar-refractivity contribution in [2.24, 2.45) is 11.7 Å². The lowest BCUT2D eigenvalue weighted by atomic mass is 10.0. The van der Waals surface area contributed by atoms with Crippen molar-refractivity contribution in [3.05, 3.63) is 0 Å². The van der Waals surface area contributed by atoms with Gasteiger partial charge in [-0.2, -0.15) is 25.3 Å². The molecule has 0 aromatic carbocycles. The van der Waals surface area contributed by atoms with Crippen LogP contribution in [0.25, 0.3) is 0 Å². The molecule has 0 saturated heterocycles. The van der Waals surface area contributed by atoms with Crippen LogP contribution in [-0.2, 0) is 0 Å². The minimum atomic E-state index is 0.720. The fourth-order valence-electron chi connectivity index (χ4n) is 2.06. The summed E-state index contributed by atoms with van der Waals surface area (Å²) in [6, 6.07) is 0. The number of hydrogen-bond acceptors (Lipinski definition) is 3. The molecule has 0 aromatic rings.